The lowest BCUT2D eigenvalue weighted by Gasteiger charge is -2.04. The number of pyridine rings is 1. The van der Waals surface area contributed by atoms with Gasteiger partial charge in [0.1, 0.15) is 22.8 Å². The number of carbonyl (C=O) groups excluding carboxylic acids is 2. The third-order valence-corrected chi connectivity index (χ3v) is 4.67. The Morgan fingerprint density at radius 1 is 1.20 bits per heavy atom. The lowest BCUT2D eigenvalue weighted by Crippen LogP contribution is -2.15. The number of primary amides is 2. The van der Waals surface area contributed by atoms with Gasteiger partial charge in [-0.2, -0.15) is 10.2 Å². The summed E-state index contributed by atoms with van der Waals surface area (Å²) in [7, 11) is 1.68. The number of hydrogen-bond acceptors (Lipinski definition) is 8. The summed E-state index contributed by atoms with van der Waals surface area (Å²) in [5, 5.41) is 19.3. The number of nitrogens with two attached hydrogens (primary N) is 2. The first kappa shape index (κ1) is 19.1. The Balaban J connectivity index is 2.04. The Morgan fingerprint density at radius 2 is 1.93 bits per heavy atom. The van der Waals surface area contributed by atoms with Gasteiger partial charge in [-0.05, 0) is 19.9 Å². The first-order valence-corrected chi connectivity index (χ1v) is 8.93. The summed E-state index contributed by atoms with van der Waals surface area (Å²) in [4.78, 5) is 32.5. The molecule has 0 aliphatic rings. The van der Waals surface area contributed by atoms with Crippen LogP contribution in [-0.4, -0.2) is 46.4 Å². The maximum Gasteiger partial charge on any atom is 0.286 e. The van der Waals surface area contributed by atoms with Crippen LogP contribution in [0.15, 0.2) is 16.7 Å². The van der Waals surface area contributed by atoms with Crippen LogP contribution in [0.25, 0.3) is 33.9 Å². The Hall–Kier alpha value is -4.22. The number of aryl methyl sites for hydroxylation is 3. The fraction of sp³-hybridized carbons (Fsp3) is 0.222. The van der Waals surface area contributed by atoms with Crippen molar-refractivity contribution in [3.05, 3.63) is 29.4 Å². The number of fused-ring (bicyclic) bond motifs is 1. The largest absolute Gasteiger partial charge is 0.504 e. The molecule has 30 heavy (non-hydrogen) atoms. The molecule has 0 aliphatic carbocycles. The van der Waals surface area contributed by atoms with Gasteiger partial charge in [0, 0.05) is 19.0 Å². The van der Waals surface area contributed by atoms with Crippen LogP contribution in [0.4, 0.5) is 0 Å². The van der Waals surface area contributed by atoms with Crippen LogP contribution in [0.2, 0.25) is 0 Å². The highest BCUT2D eigenvalue weighted by molar-refractivity contribution is 6.03. The van der Waals surface area contributed by atoms with Crippen LogP contribution in [-0.2, 0) is 13.6 Å². The molecule has 0 atom stereocenters. The van der Waals surface area contributed by atoms with E-state index in [4.69, 9.17) is 15.9 Å². The van der Waals surface area contributed by atoms with Gasteiger partial charge in [-0.1, -0.05) is 0 Å². The Labute approximate surface area is 169 Å². The lowest BCUT2D eigenvalue weighted by atomic mass is 10.1. The summed E-state index contributed by atoms with van der Waals surface area (Å²) in [6, 6.07) is 1.49. The molecule has 4 aromatic rings. The predicted molar refractivity (Wildman–Crippen MR) is 104 cm³/mol. The van der Waals surface area contributed by atoms with Gasteiger partial charge in [-0.3, -0.25) is 19.0 Å². The van der Waals surface area contributed by atoms with Gasteiger partial charge in [0.05, 0.1) is 11.7 Å². The smallest absolute Gasteiger partial charge is 0.286 e. The summed E-state index contributed by atoms with van der Waals surface area (Å²) in [5.74, 6) is -2.15. The van der Waals surface area contributed by atoms with Gasteiger partial charge >= 0.3 is 0 Å². The Kier molecular flexibility index (Phi) is 4.26. The quantitative estimate of drug-likeness (QED) is 0.430. The molecule has 0 saturated carbocycles. The van der Waals surface area contributed by atoms with Crippen molar-refractivity contribution in [1.29, 1.82) is 0 Å². The lowest BCUT2D eigenvalue weighted by molar-refractivity contribution is 0.0973. The Morgan fingerprint density at radius 3 is 2.57 bits per heavy atom. The highest BCUT2D eigenvalue weighted by atomic mass is 16.4. The first-order chi connectivity index (χ1) is 14.2. The van der Waals surface area contributed by atoms with E-state index in [-0.39, 0.29) is 40.2 Å². The van der Waals surface area contributed by atoms with Crippen molar-refractivity contribution in [1.82, 2.24) is 29.5 Å². The van der Waals surface area contributed by atoms with E-state index in [2.05, 4.69) is 20.2 Å². The highest BCUT2D eigenvalue weighted by Crippen LogP contribution is 2.36. The van der Waals surface area contributed by atoms with Crippen molar-refractivity contribution in [3.63, 3.8) is 0 Å². The number of aromatic nitrogens is 6. The number of carbonyl (C=O) groups is 2. The van der Waals surface area contributed by atoms with E-state index in [1.807, 2.05) is 6.92 Å². The zero-order valence-electron chi connectivity index (χ0n) is 16.4. The SMILES string of the molecule is CCn1nc(C)c(O)c1-c1nc(-c2nc(C(N)=O)cc3c2cnn3C)c(C(N)=O)o1. The standard InChI is InChI=1S/C18H18N8O4/c1-4-26-13(14(27)7(2)24-26)18-23-12(15(30-18)17(20)29)11-8-6-21-25(3)10(8)5-9(22-11)16(19)28/h5-6,27H,4H2,1-3H3,(H2,19,28)(H2,20,29). The molecule has 0 unspecified atom stereocenters. The van der Waals surface area contributed by atoms with Gasteiger partial charge in [-0.25, -0.2) is 9.97 Å². The molecule has 2 amide bonds. The molecule has 12 heteroatoms. The molecular weight excluding hydrogens is 392 g/mol. The summed E-state index contributed by atoms with van der Waals surface area (Å²) < 4.78 is 8.63. The van der Waals surface area contributed by atoms with Gasteiger partial charge < -0.3 is 21.0 Å². The molecule has 4 heterocycles. The summed E-state index contributed by atoms with van der Waals surface area (Å²) in [6.45, 7) is 3.87. The second kappa shape index (κ2) is 6.69. The number of amides is 2. The highest BCUT2D eigenvalue weighted by Gasteiger charge is 2.28. The summed E-state index contributed by atoms with van der Waals surface area (Å²) >= 11 is 0. The van der Waals surface area contributed by atoms with E-state index in [0.29, 0.717) is 23.1 Å². The maximum absolute atomic E-state index is 12.1. The van der Waals surface area contributed by atoms with Crippen molar-refractivity contribution in [2.24, 2.45) is 18.5 Å². The first-order valence-electron chi connectivity index (χ1n) is 8.93. The summed E-state index contributed by atoms with van der Waals surface area (Å²) in [5.41, 5.74) is 12.1. The molecule has 12 nitrogen and oxygen atoms in total. The van der Waals surface area contributed by atoms with Crippen LogP contribution in [0, 0.1) is 6.92 Å². The van der Waals surface area contributed by atoms with E-state index >= 15 is 0 Å². The molecule has 0 aromatic carbocycles. The number of rotatable bonds is 5. The van der Waals surface area contributed by atoms with Crippen LogP contribution in [0.5, 0.6) is 5.75 Å². The van der Waals surface area contributed by atoms with Gasteiger partial charge in [-0.15, -0.1) is 0 Å². The predicted octanol–water partition coefficient (Wildman–Crippen LogP) is 0.719. The average Bonchev–Trinajstić information content (AvgIpc) is 3.37. The zero-order chi connectivity index (χ0) is 21.7. The van der Waals surface area contributed by atoms with E-state index in [1.54, 1.807) is 14.0 Å². The topological polar surface area (TPSA) is 181 Å². The third-order valence-electron chi connectivity index (χ3n) is 4.67. The van der Waals surface area contributed by atoms with E-state index in [0.717, 1.165) is 0 Å². The van der Waals surface area contributed by atoms with Crippen LogP contribution >= 0.6 is 0 Å². The minimum atomic E-state index is -0.897. The number of hydrogen-bond donors (Lipinski definition) is 3. The monoisotopic (exact) mass is 410 g/mol. The maximum atomic E-state index is 12.1. The Bertz CT molecular complexity index is 1330. The van der Waals surface area contributed by atoms with E-state index < -0.39 is 11.8 Å². The molecule has 0 radical (unpaired) electrons. The number of oxazole rings is 1. The molecular formula is C18H18N8O4. The van der Waals surface area contributed by atoms with Crippen molar-refractivity contribution in [2.45, 2.75) is 20.4 Å². The zero-order valence-corrected chi connectivity index (χ0v) is 16.4. The average molecular weight is 410 g/mol. The molecule has 0 saturated heterocycles. The van der Waals surface area contributed by atoms with Crippen LogP contribution < -0.4 is 11.5 Å². The molecule has 5 N–H and O–H groups in total. The van der Waals surface area contributed by atoms with Gasteiger partial charge in [0.2, 0.25) is 11.7 Å². The summed E-state index contributed by atoms with van der Waals surface area (Å²) in [6.07, 6.45) is 1.51. The van der Waals surface area contributed by atoms with Crippen molar-refractivity contribution in [2.75, 3.05) is 0 Å². The van der Waals surface area contributed by atoms with E-state index in [9.17, 15) is 14.7 Å². The minimum Gasteiger partial charge on any atom is -0.504 e. The molecule has 0 fully saturated rings. The third kappa shape index (κ3) is 2.77. The molecule has 154 valence electrons. The molecule has 4 rings (SSSR count). The fourth-order valence-electron chi connectivity index (χ4n) is 3.21. The van der Waals surface area contributed by atoms with Crippen molar-refractivity contribution < 1.29 is 19.1 Å². The minimum absolute atomic E-state index is 0.000457. The van der Waals surface area contributed by atoms with E-state index in [1.165, 1.54) is 21.6 Å². The molecule has 4 aromatic heterocycles. The number of aromatic hydroxyl groups is 1. The number of nitrogens with zero attached hydrogens (tertiary/aromatic N) is 6. The van der Waals surface area contributed by atoms with Gasteiger partial charge in [0.25, 0.3) is 11.8 Å². The second-order valence-electron chi connectivity index (χ2n) is 6.58. The van der Waals surface area contributed by atoms with Crippen LogP contribution in [0.3, 0.4) is 0 Å². The normalized spacial score (nSPS) is 11.3. The van der Waals surface area contributed by atoms with Crippen molar-refractivity contribution >= 4 is 22.7 Å². The molecule has 0 bridgehead atoms. The second-order valence-corrected chi connectivity index (χ2v) is 6.58. The fourth-order valence-corrected chi connectivity index (χ4v) is 3.21. The molecule has 0 aliphatic heterocycles. The van der Waals surface area contributed by atoms with Crippen molar-refractivity contribution in [3.8, 4) is 28.7 Å². The van der Waals surface area contributed by atoms with Gasteiger partial charge in [0.15, 0.2) is 11.4 Å². The van der Waals surface area contributed by atoms with Crippen LogP contribution in [0.1, 0.15) is 33.7 Å². The molecule has 0 spiro atoms.